The molecule has 0 aromatic carbocycles. The van der Waals surface area contributed by atoms with Gasteiger partial charge in [-0.3, -0.25) is 9.69 Å². The number of piperidine rings is 1. The molecule has 0 saturated carbocycles. The van der Waals surface area contributed by atoms with E-state index < -0.39 is 15.6 Å². The number of amides is 3. The zero-order valence-corrected chi connectivity index (χ0v) is 14.6. The third-order valence-corrected chi connectivity index (χ3v) is 6.77. The van der Waals surface area contributed by atoms with Crippen molar-refractivity contribution in [2.45, 2.75) is 57.0 Å². The fourth-order valence-corrected chi connectivity index (χ4v) is 5.23. The molecule has 1 atom stereocenters. The third-order valence-electron chi connectivity index (χ3n) is 5.46. The Labute approximate surface area is 137 Å². The maximum absolute atomic E-state index is 13.0. The molecule has 3 saturated heterocycles. The molecule has 8 heteroatoms. The Morgan fingerprint density at radius 3 is 2.39 bits per heavy atom. The van der Waals surface area contributed by atoms with Crippen LogP contribution in [0.2, 0.25) is 0 Å². The second kappa shape index (κ2) is 5.73. The van der Waals surface area contributed by atoms with Gasteiger partial charge in [0.05, 0.1) is 6.26 Å². The molecule has 130 valence electrons. The smallest absolute Gasteiger partial charge is 0.310 e. The largest absolute Gasteiger partial charge is 0.327 e. The average molecular weight is 343 g/mol. The van der Waals surface area contributed by atoms with E-state index in [1.807, 2.05) is 6.92 Å². The predicted octanol–water partition coefficient (Wildman–Crippen LogP) is 1.01. The number of sulfonamides is 1. The molecule has 3 aliphatic rings. The van der Waals surface area contributed by atoms with Crippen molar-refractivity contribution in [2.75, 3.05) is 25.9 Å². The van der Waals surface area contributed by atoms with Crippen molar-refractivity contribution in [3.8, 4) is 0 Å². The van der Waals surface area contributed by atoms with Gasteiger partial charge in [-0.1, -0.05) is 13.3 Å². The van der Waals surface area contributed by atoms with E-state index in [2.05, 4.69) is 0 Å². The first-order chi connectivity index (χ1) is 10.8. The molecule has 0 bridgehead atoms. The van der Waals surface area contributed by atoms with Crippen molar-refractivity contribution in [3.05, 3.63) is 0 Å². The van der Waals surface area contributed by atoms with Crippen molar-refractivity contribution in [1.29, 1.82) is 0 Å². The highest BCUT2D eigenvalue weighted by Crippen LogP contribution is 2.42. The number of imide groups is 1. The number of hydrogen-bond acceptors (Lipinski definition) is 4. The first-order valence-electron chi connectivity index (χ1n) is 8.41. The molecule has 0 aromatic heterocycles. The van der Waals surface area contributed by atoms with Crippen LogP contribution in [0.1, 0.15) is 45.4 Å². The maximum Gasteiger partial charge on any atom is 0.327 e. The number of fused-ring (bicyclic) bond motifs is 1. The number of carbonyl (C=O) groups excluding carboxylic acids is 2. The number of nitrogens with zero attached hydrogens (tertiary/aromatic N) is 3. The molecule has 0 spiro atoms. The monoisotopic (exact) mass is 343 g/mol. The van der Waals surface area contributed by atoms with Gasteiger partial charge in [0, 0.05) is 25.7 Å². The fourth-order valence-electron chi connectivity index (χ4n) is 4.36. The molecule has 3 amide bonds. The average Bonchev–Trinajstić information content (AvgIpc) is 2.99. The summed E-state index contributed by atoms with van der Waals surface area (Å²) in [4.78, 5) is 29.0. The summed E-state index contributed by atoms with van der Waals surface area (Å²) < 4.78 is 24.6. The Morgan fingerprint density at radius 2 is 1.83 bits per heavy atom. The van der Waals surface area contributed by atoms with Crippen molar-refractivity contribution in [2.24, 2.45) is 0 Å². The molecule has 3 aliphatic heterocycles. The van der Waals surface area contributed by atoms with Crippen LogP contribution < -0.4 is 0 Å². The summed E-state index contributed by atoms with van der Waals surface area (Å²) in [7, 11) is -3.20. The van der Waals surface area contributed by atoms with Crippen LogP contribution >= 0.6 is 0 Å². The summed E-state index contributed by atoms with van der Waals surface area (Å²) >= 11 is 0. The molecule has 3 rings (SSSR count). The Morgan fingerprint density at radius 1 is 1.17 bits per heavy atom. The van der Waals surface area contributed by atoms with E-state index in [1.54, 1.807) is 4.90 Å². The zero-order valence-electron chi connectivity index (χ0n) is 13.8. The molecule has 3 heterocycles. The van der Waals surface area contributed by atoms with Crippen molar-refractivity contribution >= 4 is 22.0 Å². The Balaban J connectivity index is 1.77. The maximum atomic E-state index is 13.0. The van der Waals surface area contributed by atoms with Crippen molar-refractivity contribution < 1.29 is 18.0 Å². The van der Waals surface area contributed by atoms with Crippen LogP contribution in [0.3, 0.4) is 0 Å². The highest BCUT2D eigenvalue weighted by atomic mass is 32.2. The SMILES string of the molecule is CCC[C@@]12CCCN1C(=O)N(C1CCN(S(C)(=O)=O)CC1)C2=O. The first kappa shape index (κ1) is 16.7. The molecule has 23 heavy (non-hydrogen) atoms. The minimum Gasteiger partial charge on any atom is -0.310 e. The van der Waals surface area contributed by atoms with Gasteiger partial charge in [0.25, 0.3) is 5.91 Å². The van der Waals surface area contributed by atoms with Crippen molar-refractivity contribution in [3.63, 3.8) is 0 Å². The minimum atomic E-state index is -3.20. The fraction of sp³-hybridized carbons (Fsp3) is 0.867. The van der Waals surface area contributed by atoms with E-state index in [4.69, 9.17) is 0 Å². The van der Waals surface area contributed by atoms with Gasteiger partial charge in [0.2, 0.25) is 10.0 Å². The highest BCUT2D eigenvalue weighted by Gasteiger charge is 2.60. The molecular formula is C15H25N3O4S. The van der Waals surface area contributed by atoms with Crippen molar-refractivity contribution in [1.82, 2.24) is 14.1 Å². The van der Waals surface area contributed by atoms with Crippen LogP contribution in [0.4, 0.5) is 4.79 Å². The van der Waals surface area contributed by atoms with Crippen LogP contribution in [0.15, 0.2) is 0 Å². The van der Waals surface area contributed by atoms with Crippen LogP contribution in [0.25, 0.3) is 0 Å². The highest BCUT2D eigenvalue weighted by molar-refractivity contribution is 7.88. The number of rotatable bonds is 4. The molecule has 0 N–H and O–H groups in total. The van der Waals surface area contributed by atoms with E-state index in [9.17, 15) is 18.0 Å². The topological polar surface area (TPSA) is 78.0 Å². The summed E-state index contributed by atoms with van der Waals surface area (Å²) in [5.74, 6) is -0.0559. The lowest BCUT2D eigenvalue weighted by Crippen LogP contribution is -2.50. The van der Waals surface area contributed by atoms with Crippen LogP contribution in [0, 0.1) is 0 Å². The van der Waals surface area contributed by atoms with E-state index in [1.165, 1.54) is 15.5 Å². The molecule has 7 nitrogen and oxygen atoms in total. The van der Waals surface area contributed by atoms with Gasteiger partial charge in [0.1, 0.15) is 5.54 Å². The van der Waals surface area contributed by atoms with Gasteiger partial charge < -0.3 is 4.90 Å². The summed E-state index contributed by atoms with van der Waals surface area (Å²) in [5, 5.41) is 0. The van der Waals surface area contributed by atoms with Gasteiger partial charge in [-0.05, 0) is 32.1 Å². The lowest BCUT2D eigenvalue weighted by atomic mass is 9.90. The van der Waals surface area contributed by atoms with Crippen LogP contribution in [-0.2, 0) is 14.8 Å². The summed E-state index contributed by atoms with van der Waals surface area (Å²) in [6, 6.07) is -0.342. The first-order valence-corrected chi connectivity index (χ1v) is 10.3. The minimum absolute atomic E-state index is 0.0559. The van der Waals surface area contributed by atoms with E-state index in [-0.39, 0.29) is 18.0 Å². The molecule has 0 aromatic rings. The lowest BCUT2D eigenvalue weighted by molar-refractivity contribution is -0.134. The Bertz CT molecular complexity index is 612. The van der Waals surface area contributed by atoms with E-state index >= 15 is 0 Å². The normalized spacial score (nSPS) is 30.3. The molecular weight excluding hydrogens is 318 g/mol. The van der Waals surface area contributed by atoms with Gasteiger partial charge in [-0.25, -0.2) is 17.5 Å². The number of carbonyl (C=O) groups is 2. The molecule has 0 radical (unpaired) electrons. The van der Waals surface area contributed by atoms with E-state index in [0.29, 0.717) is 32.5 Å². The van der Waals surface area contributed by atoms with Crippen LogP contribution in [0.5, 0.6) is 0 Å². The Kier molecular flexibility index (Phi) is 4.16. The van der Waals surface area contributed by atoms with Crippen LogP contribution in [-0.4, -0.2) is 71.9 Å². The second-order valence-corrected chi connectivity index (χ2v) is 8.87. The lowest BCUT2D eigenvalue weighted by Gasteiger charge is -2.34. The zero-order chi connectivity index (χ0) is 16.8. The summed E-state index contributed by atoms with van der Waals surface area (Å²) in [5.41, 5.74) is -0.625. The second-order valence-electron chi connectivity index (χ2n) is 6.89. The van der Waals surface area contributed by atoms with Gasteiger partial charge in [-0.2, -0.15) is 0 Å². The van der Waals surface area contributed by atoms with E-state index in [0.717, 1.165) is 25.7 Å². The molecule has 0 unspecified atom stereocenters. The molecule has 0 aliphatic carbocycles. The van der Waals surface area contributed by atoms with Gasteiger partial charge >= 0.3 is 6.03 Å². The summed E-state index contributed by atoms with van der Waals surface area (Å²) in [6.45, 7) is 3.45. The Hall–Kier alpha value is -1.15. The van der Waals surface area contributed by atoms with Gasteiger partial charge in [-0.15, -0.1) is 0 Å². The van der Waals surface area contributed by atoms with Gasteiger partial charge in [0.15, 0.2) is 0 Å². The third kappa shape index (κ3) is 2.55. The molecule has 3 fully saturated rings. The predicted molar refractivity (Wildman–Crippen MR) is 85.3 cm³/mol. The quantitative estimate of drug-likeness (QED) is 0.714. The summed E-state index contributed by atoms with van der Waals surface area (Å²) in [6.07, 6.45) is 5.49. The number of urea groups is 1. The number of hydrogen-bond donors (Lipinski definition) is 0. The standard InChI is InChI=1S/C15H25N3O4S/c1-3-7-15-8-4-9-17(15)14(20)18(13(15)19)12-5-10-16(11-6-12)23(2,21)22/h12H,3-11H2,1-2H3/t15-/m0/s1.